The summed E-state index contributed by atoms with van der Waals surface area (Å²) in [5.74, 6) is -1.49. The monoisotopic (exact) mass is 372 g/mol. The second-order valence-electron chi connectivity index (χ2n) is 4.12. The molecule has 8 heteroatoms. The van der Waals surface area contributed by atoms with Crippen LogP contribution in [-0.4, -0.2) is 14.3 Å². The lowest BCUT2D eigenvalue weighted by molar-refractivity contribution is 0.102. The molecule has 21 heavy (non-hydrogen) atoms. The summed E-state index contributed by atoms with van der Waals surface area (Å²) in [5, 5.41) is 7.40. The quantitative estimate of drug-likeness (QED) is 0.866. The third-order valence-corrected chi connectivity index (χ3v) is 4.08. The van der Waals surface area contributed by atoms with Crippen molar-refractivity contribution in [2.24, 2.45) is 5.14 Å². The Morgan fingerprint density at radius 3 is 2.48 bits per heavy atom. The van der Waals surface area contributed by atoms with Crippen molar-refractivity contribution in [3.05, 3.63) is 58.3 Å². The van der Waals surface area contributed by atoms with Crippen molar-refractivity contribution in [2.45, 2.75) is 4.90 Å². The highest BCUT2D eigenvalue weighted by atomic mass is 79.9. The van der Waals surface area contributed by atoms with Crippen LogP contribution < -0.4 is 10.5 Å². The van der Waals surface area contributed by atoms with Gasteiger partial charge in [-0.15, -0.1) is 0 Å². The smallest absolute Gasteiger partial charge is 0.258 e. The number of sulfonamides is 1. The molecule has 0 saturated carbocycles. The van der Waals surface area contributed by atoms with Gasteiger partial charge in [-0.3, -0.25) is 4.79 Å². The van der Waals surface area contributed by atoms with Crippen molar-refractivity contribution in [1.82, 2.24) is 0 Å². The van der Waals surface area contributed by atoms with Gasteiger partial charge in [0.05, 0.1) is 11.3 Å². The van der Waals surface area contributed by atoms with Gasteiger partial charge in [0, 0.05) is 4.47 Å². The lowest BCUT2D eigenvalue weighted by Gasteiger charge is -2.10. The van der Waals surface area contributed by atoms with Gasteiger partial charge in [-0.1, -0.05) is 28.1 Å². The highest BCUT2D eigenvalue weighted by Crippen LogP contribution is 2.21. The topological polar surface area (TPSA) is 89.3 Å². The second-order valence-corrected chi connectivity index (χ2v) is 6.56. The Bertz CT molecular complexity index is 809. The molecule has 0 bridgehead atoms. The third-order valence-electron chi connectivity index (χ3n) is 2.62. The largest absolute Gasteiger partial charge is 0.321 e. The van der Waals surface area contributed by atoms with Gasteiger partial charge < -0.3 is 5.32 Å². The highest BCUT2D eigenvalue weighted by molar-refractivity contribution is 9.10. The van der Waals surface area contributed by atoms with Crippen LogP contribution in [0.25, 0.3) is 0 Å². The molecule has 0 heterocycles. The molecule has 0 aromatic heterocycles. The fourth-order valence-electron chi connectivity index (χ4n) is 1.68. The van der Waals surface area contributed by atoms with E-state index in [9.17, 15) is 17.6 Å². The molecule has 5 nitrogen and oxygen atoms in total. The summed E-state index contributed by atoms with van der Waals surface area (Å²) >= 11 is 3.08. The Hall–Kier alpha value is -1.77. The Morgan fingerprint density at radius 1 is 1.19 bits per heavy atom. The number of anilines is 1. The molecule has 0 unspecified atom stereocenters. The Morgan fingerprint density at radius 2 is 1.86 bits per heavy atom. The molecule has 0 aliphatic heterocycles. The third kappa shape index (κ3) is 3.66. The van der Waals surface area contributed by atoms with Crippen LogP contribution in [-0.2, 0) is 10.0 Å². The maximum absolute atomic E-state index is 13.7. The minimum Gasteiger partial charge on any atom is -0.321 e. The number of amides is 1. The SMILES string of the molecule is NS(=O)(=O)c1ccccc1NC(=O)c1ccc(Br)cc1F. The predicted octanol–water partition coefficient (Wildman–Crippen LogP) is 2.49. The molecule has 110 valence electrons. The van der Waals surface area contributed by atoms with Gasteiger partial charge in [0.1, 0.15) is 10.7 Å². The van der Waals surface area contributed by atoms with Crippen LogP contribution in [0, 0.1) is 5.82 Å². The van der Waals surface area contributed by atoms with Gasteiger partial charge >= 0.3 is 0 Å². The van der Waals surface area contributed by atoms with Crippen LogP contribution in [0.15, 0.2) is 51.8 Å². The Kier molecular flexibility index (Phi) is 4.40. The van der Waals surface area contributed by atoms with E-state index in [1.807, 2.05) is 0 Å². The summed E-state index contributed by atoms with van der Waals surface area (Å²) in [6, 6.07) is 9.55. The minimum absolute atomic E-state index is 0.00711. The summed E-state index contributed by atoms with van der Waals surface area (Å²) in [4.78, 5) is 11.8. The molecule has 3 N–H and O–H groups in total. The van der Waals surface area contributed by atoms with Gasteiger partial charge in [0.15, 0.2) is 0 Å². The van der Waals surface area contributed by atoms with Gasteiger partial charge in [-0.2, -0.15) is 0 Å². The minimum atomic E-state index is -3.99. The lowest BCUT2D eigenvalue weighted by atomic mass is 10.2. The van der Waals surface area contributed by atoms with Crippen LogP contribution in [0.2, 0.25) is 0 Å². The molecule has 0 saturated heterocycles. The molecule has 0 aliphatic carbocycles. The van der Waals surface area contributed by atoms with Crippen LogP contribution in [0.4, 0.5) is 10.1 Å². The summed E-state index contributed by atoms with van der Waals surface area (Å²) in [6.45, 7) is 0. The number of benzene rings is 2. The molecule has 2 aromatic carbocycles. The fourth-order valence-corrected chi connectivity index (χ4v) is 2.71. The number of primary sulfonamides is 1. The predicted molar refractivity (Wildman–Crippen MR) is 79.9 cm³/mol. The summed E-state index contributed by atoms with van der Waals surface area (Å²) < 4.78 is 37.1. The molecule has 0 spiro atoms. The van der Waals surface area contributed by atoms with Crippen molar-refractivity contribution in [3.8, 4) is 0 Å². The zero-order chi connectivity index (χ0) is 15.6. The first kappa shape index (κ1) is 15.6. The first-order chi connectivity index (χ1) is 9.79. The molecular weight excluding hydrogens is 363 g/mol. The first-order valence-electron chi connectivity index (χ1n) is 5.67. The second kappa shape index (κ2) is 5.92. The van der Waals surface area contributed by atoms with Gasteiger partial charge in [0.25, 0.3) is 5.91 Å². The Labute approximate surface area is 129 Å². The van der Waals surface area contributed by atoms with E-state index in [-0.39, 0.29) is 16.1 Å². The van der Waals surface area contributed by atoms with Gasteiger partial charge in [0.2, 0.25) is 10.0 Å². The zero-order valence-corrected chi connectivity index (χ0v) is 12.9. The number of nitrogens with two attached hydrogens (primary N) is 1. The summed E-state index contributed by atoms with van der Waals surface area (Å²) in [6.07, 6.45) is 0. The van der Waals surface area contributed by atoms with E-state index in [2.05, 4.69) is 21.2 Å². The standard InChI is InChI=1S/C13H10BrFN2O3S/c14-8-5-6-9(10(15)7-8)13(18)17-11-3-1-2-4-12(11)21(16,19)20/h1-7H,(H,17,18)(H2,16,19,20). The van der Waals surface area contributed by atoms with Crippen molar-refractivity contribution in [2.75, 3.05) is 5.32 Å². The number of hydrogen-bond acceptors (Lipinski definition) is 3. The van der Waals surface area contributed by atoms with Crippen LogP contribution in [0.5, 0.6) is 0 Å². The zero-order valence-electron chi connectivity index (χ0n) is 10.5. The molecule has 1 amide bonds. The van der Waals surface area contributed by atoms with E-state index in [4.69, 9.17) is 5.14 Å². The van der Waals surface area contributed by atoms with Crippen molar-refractivity contribution in [1.29, 1.82) is 0 Å². The highest BCUT2D eigenvalue weighted by Gasteiger charge is 2.17. The first-order valence-corrected chi connectivity index (χ1v) is 8.01. The molecule has 2 rings (SSSR count). The van der Waals surface area contributed by atoms with Crippen LogP contribution >= 0.6 is 15.9 Å². The van der Waals surface area contributed by atoms with E-state index in [0.29, 0.717) is 4.47 Å². The van der Waals surface area contributed by atoms with E-state index >= 15 is 0 Å². The molecule has 0 radical (unpaired) electrons. The molecule has 0 fully saturated rings. The van der Waals surface area contributed by atoms with Crippen molar-refractivity contribution >= 4 is 37.5 Å². The van der Waals surface area contributed by atoms with E-state index in [1.54, 1.807) is 0 Å². The normalized spacial score (nSPS) is 11.2. The average Bonchev–Trinajstić information content (AvgIpc) is 2.37. The van der Waals surface area contributed by atoms with E-state index in [0.717, 1.165) is 6.07 Å². The average molecular weight is 373 g/mol. The number of halogens is 2. The fraction of sp³-hybridized carbons (Fsp3) is 0. The van der Waals surface area contributed by atoms with Crippen molar-refractivity contribution in [3.63, 3.8) is 0 Å². The number of nitrogens with one attached hydrogen (secondary N) is 1. The molecular formula is C13H10BrFN2O3S. The molecule has 0 atom stereocenters. The molecule has 2 aromatic rings. The number of para-hydroxylation sites is 1. The number of carbonyl (C=O) groups is 1. The van der Waals surface area contributed by atoms with Gasteiger partial charge in [-0.05, 0) is 30.3 Å². The maximum Gasteiger partial charge on any atom is 0.258 e. The van der Waals surface area contributed by atoms with Crippen LogP contribution in [0.1, 0.15) is 10.4 Å². The lowest BCUT2D eigenvalue weighted by Crippen LogP contribution is -2.19. The summed E-state index contributed by atoms with van der Waals surface area (Å²) in [5.41, 5.74) is -0.213. The van der Waals surface area contributed by atoms with Gasteiger partial charge in [-0.25, -0.2) is 17.9 Å². The van der Waals surface area contributed by atoms with Crippen LogP contribution in [0.3, 0.4) is 0 Å². The number of carbonyl (C=O) groups excluding carboxylic acids is 1. The summed E-state index contributed by atoms with van der Waals surface area (Å²) in [7, 11) is -3.99. The number of rotatable bonds is 3. The van der Waals surface area contributed by atoms with Crippen molar-refractivity contribution < 1.29 is 17.6 Å². The maximum atomic E-state index is 13.7. The molecule has 0 aliphatic rings. The van der Waals surface area contributed by atoms with E-state index < -0.39 is 21.7 Å². The van der Waals surface area contributed by atoms with E-state index in [1.165, 1.54) is 36.4 Å². The Balaban J connectivity index is 2.37. The number of hydrogen-bond donors (Lipinski definition) is 2.